The van der Waals surface area contributed by atoms with Crippen molar-refractivity contribution in [3.05, 3.63) is 47.5 Å². The molecule has 0 aliphatic heterocycles. The van der Waals surface area contributed by atoms with Crippen molar-refractivity contribution in [1.29, 1.82) is 5.26 Å². The maximum Gasteiger partial charge on any atom is 0.332 e. The van der Waals surface area contributed by atoms with Crippen LogP contribution in [0, 0.1) is 17.2 Å². The minimum Gasteiger partial charge on any atom is -0.493 e. The molecule has 0 aliphatic carbocycles. The number of ether oxygens (including phenoxy) is 4. The van der Waals surface area contributed by atoms with Gasteiger partial charge in [-0.05, 0) is 81.1 Å². The summed E-state index contributed by atoms with van der Waals surface area (Å²) in [6.07, 6.45) is 1.38. The molecular formula is C30H44N2O7. The van der Waals surface area contributed by atoms with E-state index in [-0.39, 0.29) is 5.92 Å². The summed E-state index contributed by atoms with van der Waals surface area (Å²) in [6.45, 7) is 7.26. The van der Waals surface area contributed by atoms with Gasteiger partial charge in [-0.1, -0.05) is 26.0 Å². The standard InChI is InChI=1S/C27H38N2O4.C3H6O3/c1-20(2)27(19-28,22-10-12-24(31-5)26(18-22)33-7)14-8-15-29(3)16-13-21-9-11-23(30-4)25(17-21)32-6;1-2(4)3(5)6/h9-12,17-18,20H,8,13-16H2,1-7H3;2,4H,1H3,(H,5,6)/t27-;/m1./s1. The number of aliphatic carboxylic acids is 1. The van der Waals surface area contributed by atoms with Gasteiger partial charge in [0.05, 0.1) is 39.9 Å². The SMILES string of the molecule is CC(O)C(=O)O.COc1ccc(CCN(C)CCC[C@](C#N)(c2ccc(OC)c(OC)c2)C(C)C)cc1OC. The van der Waals surface area contributed by atoms with Gasteiger partial charge in [0, 0.05) is 6.54 Å². The average Bonchev–Trinajstić information content (AvgIpc) is 2.93. The van der Waals surface area contributed by atoms with Crippen molar-refractivity contribution in [2.24, 2.45) is 5.92 Å². The second kappa shape index (κ2) is 16.5. The summed E-state index contributed by atoms with van der Waals surface area (Å²) < 4.78 is 21.6. The van der Waals surface area contributed by atoms with E-state index in [0.29, 0.717) is 11.5 Å². The summed E-state index contributed by atoms with van der Waals surface area (Å²) in [5.74, 6) is 1.80. The Kier molecular flexibility index (Phi) is 14.2. The predicted molar refractivity (Wildman–Crippen MR) is 151 cm³/mol. The first-order valence-electron chi connectivity index (χ1n) is 12.9. The van der Waals surface area contributed by atoms with E-state index in [0.717, 1.165) is 49.4 Å². The molecule has 216 valence electrons. The molecule has 0 saturated carbocycles. The maximum atomic E-state index is 10.2. The summed E-state index contributed by atoms with van der Waals surface area (Å²) >= 11 is 0. The van der Waals surface area contributed by atoms with Gasteiger partial charge in [0.1, 0.15) is 6.10 Å². The van der Waals surface area contributed by atoms with E-state index < -0.39 is 17.5 Å². The van der Waals surface area contributed by atoms with E-state index in [1.807, 2.05) is 30.3 Å². The van der Waals surface area contributed by atoms with E-state index >= 15 is 0 Å². The second-order valence-electron chi connectivity index (χ2n) is 9.67. The first kappa shape index (κ1) is 33.5. The molecular weight excluding hydrogens is 500 g/mol. The number of nitrogens with zero attached hydrogens (tertiary/aromatic N) is 2. The zero-order valence-electron chi connectivity index (χ0n) is 24.5. The van der Waals surface area contributed by atoms with Crippen LogP contribution < -0.4 is 18.9 Å². The van der Waals surface area contributed by atoms with Gasteiger partial charge in [0.15, 0.2) is 23.0 Å². The number of aliphatic hydroxyl groups excluding tert-OH is 1. The van der Waals surface area contributed by atoms with Gasteiger partial charge in [0.25, 0.3) is 0 Å². The monoisotopic (exact) mass is 544 g/mol. The quantitative estimate of drug-likeness (QED) is 0.353. The van der Waals surface area contributed by atoms with Crippen molar-refractivity contribution in [3.63, 3.8) is 0 Å². The molecule has 0 saturated heterocycles. The highest BCUT2D eigenvalue weighted by Crippen LogP contribution is 2.40. The van der Waals surface area contributed by atoms with Crippen molar-refractivity contribution < 1.29 is 34.0 Å². The number of benzene rings is 2. The highest BCUT2D eigenvalue weighted by molar-refractivity contribution is 5.71. The fourth-order valence-corrected chi connectivity index (χ4v) is 4.23. The smallest absolute Gasteiger partial charge is 0.332 e. The molecule has 9 heteroatoms. The predicted octanol–water partition coefficient (Wildman–Crippen LogP) is 4.54. The first-order chi connectivity index (χ1) is 18.5. The summed E-state index contributed by atoms with van der Waals surface area (Å²) in [5, 5.41) is 26.0. The fraction of sp³-hybridized carbons (Fsp3) is 0.533. The number of hydrogen-bond donors (Lipinski definition) is 2. The minimum absolute atomic E-state index is 0.165. The van der Waals surface area contributed by atoms with Crippen LogP contribution in [0.3, 0.4) is 0 Å². The first-order valence-corrected chi connectivity index (χ1v) is 12.9. The lowest BCUT2D eigenvalue weighted by Gasteiger charge is -2.32. The Hall–Kier alpha value is -3.48. The molecule has 0 heterocycles. The Morgan fingerprint density at radius 2 is 1.44 bits per heavy atom. The summed E-state index contributed by atoms with van der Waals surface area (Å²) in [6, 6.07) is 14.5. The highest BCUT2D eigenvalue weighted by Gasteiger charge is 2.36. The number of carboxylic acids is 1. The van der Waals surface area contributed by atoms with Crippen LogP contribution in [0.2, 0.25) is 0 Å². The molecule has 2 aromatic carbocycles. The molecule has 0 fully saturated rings. The summed E-state index contributed by atoms with van der Waals surface area (Å²) in [5.41, 5.74) is 1.60. The van der Waals surface area contributed by atoms with Crippen LogP contribution in [0.1, 0.15) is 44.7 Å². The zero-order valence-corrected chi connectivity index (χ0v) is 24.5. The van der Waals surface area contributed by atoms with Crippen molar-refractivity contribution >= 4 is 5.97 Å². The zero-order chi connectivity index (χ0) is 29.6. The third kappa shape index (κ3) is 9.65. The van der Waals surface area contributed by atoms with Crippen molar-refractivity contribution in [2.75, 3.05) is 48.6 Å². The highest BCUT2D eigenvalue weighted by atomic mass is 16.5. The van der Waals surface area contributed by atoms with Crippen LogP contribution in [0.25, 0.3) is 0 Å². The van der Waals surface area contributed by atoms with Gasteiger partial charge >= 0.3 is 5.97 Å². The van der Waals surface area contributed by atoms with Gasteiger partial charge in [-0.15, -0.1) is 0 Å². The molecule has 1 unspecified atom stereocenters. The molecule has 0 aromatic heterocycles. The lowest BCUT2D eigenvalue weighted by Crippen LogP contribution is -2.32. The van der Waals surface area contributed by atoms with Crippen LogP contribution in [0.15, 0.2) is 36.4 Å². The van der Waals surface area contributed by atoms with Gasteiger partial charge in [-0.3, -0.25) is 0 Å². The number of aliphatic hydroxyl groups is 1. The topological polar surface area (TPSA) is 121 Å². The Balaban J connectivity index is 0.00000113. The van der Waals surface area contributed by atoms with Gasteiger partial charge in [-0.2, -0.15) is 5.26 Å². The lowest BCUT2D eigenvalue weighted by molar-refractivity contribution is -0.145. The third-order valence-corrected chi connectivity index (χ3v) is 6.78. The summed E-state index contributed by atoms with van der Waals surface area (Å²) in [4.78, 5) is 11.8. The second-order valence-corrected chi connectivity index (χ2v) is 9.67. The molecule has 2 N–H and O–H groups in total. The van der Waals surface area contributed by atoms with E-state index in [1.54, 1.807) is 28.4 Å². The molecule has 9 nitrogen and oxygen atoms in total. The molecule has 0 spiro atoms. The van der Waals surface area contributed by atoms with Crippen molar-refractivity contribution in [2.45, 2.75) is 51.6 Å². The van der Waals surface area contributed by atoms with Crippen molar-refractivity contribution in [3.8, 4) is 29.1 Å². The molecule has 2 aromatic rings. The number of carboxylic acid groups (broad SMARTS) is 1. The lowest BCUT2D eigenvalue weighted by atomic mass is 9.69. The number of methoxy groups -OCH3 is 4. The normalized spacial score (nSPS) is 13.0. The van der Waals surface area contributed by atoms with Gasteiger partial charge < -0.3 is 34.1 Å². The Bertz CT molecular complexity index is 1080. The van der Waals surface area contributed by atoms with Gasteiger partial charge in [0.2, 0.25) is 0 Å². The Morgan fingerprint density at radius 3 is 1.90 bits per heavy atom. The summed E-state index contributed by atoms with van der Waals surface area (Å²) in [7, 11) is 8.67. The number of hydrogen-bond acceptors (Lipinski definition) is 8. The van der Waals surface area contributed by atoms with E-state index in [1.165, 1.54) is 12.5 Å². The van der Waals surface area contributed by atoms with Gasteiger partial charge in [-0.25, -0.2) is 4.79 Å². The van der Waals surface area contributed by atoms with Crippen LogP contribution in [-0.2, 0) is 16.6 Å². The number of nitriles is 1. The van der Waals surface area contributed by atoms with E-state index in [9.17, 15) is 10.1 Å². The van der Waals surface area contributed by atoms with Crippen LogP contribution in [0.5, 0.6) is 23.0 Å². The molecule has 0 amide bonds. The molecule has 0 aliphatic rings. The third-order valence-electron chi connectivity index (χ3n) is 6.78. The number of likely N-dealkylation sites (N-methyl/N-ethyl adjacent to an activating group) is 1. The van der Waals surface area contributed by atoms with Crippen molar-refractivity contribution in [1.82, 2.24) is 4.90 Å². The number of carbonyl (C=O) groups is 1. The van der Waals surface area contributed by atoms with Crippen LogP contribution in [0.4, 0.5) is 0 Å². The van der Waals surface area contributed by atoms with Crippen LogP contribution in [-0.4, -0.2) is 75.8 Å². The molecule has 2 atom stereocenters. The minimum atomic E-state index is -1.23. The molecule has 39 heavy (non-hydrogen) atoms. The van der Waals surface area contributed by atoms with E-state index in [4.69, 9.17) is 29.2 Å². The number of rotatable bonds is 14. The largest absolute Gasteiger partial charge is 0.493 e. The van der Waals surface area contributed by atoms with Crippen LogP contribution >= 0.6 is 0 Å². The molecule has 0 radical (unpaired) electrons. The Morgan fingerprint density at radius 1 is 0.923 bits per heavy atom. The average molecular weight is 545 g/mol. The molecule has 2 rings (SSSR count). The molecule has 0 bridgehead atoms. The van der Waals surface area contributed by atoms with E-state index in [2.05, 4.69) is 37.9 Å². The Labute approximate surface area is 232 Å². The fourth-order valence-electron chi connectivity index (χ4n) is 4.23. The maximum absolute atomic E-state index is 10.2.